The zero-order chi connectivity index (χ0) is 18.7. The number of carbonyl (C=O) groups is 3. The number of hydrogen-bond donors (Lipinski definition) is 1. The molecule has 0 unspecified atom stereocenters. The van der Waals surface area contributed by atoms with Crippen LogP contribution in [0.4, 0.5) is 5.69 Å². The lowest BCUT2D eigenvalue weighted by Crippen LogP contribution is -2.24. The van der Waals surface area contributed by atoms with E-state index in [1.165, 1.54) is 13.1 Å². The van der Waals surface area contributed by atoms with Crippen molar-refractivity contribution < 1.29 is 19.1 Å². The highest BCUT2D eigenvalue weighted by atomic mass is 79.9. The van der Waals surface area contributed by atoms with Crippen molar-refractivity contribution in [2.24, 2.45) is 0 Å². The molecule has 1 aliphatic heterocycles. The Bertz CT molecular complexity index is 882. The van der Waals surface area contributed by atoms with E-state index in [9.17, 15) is 14.4 Å². The van der Waals surface area contributed by atoms with Gasteiger partial charge in [0.2, 0.25) is 5.91 Å². The Labute approximate surface area is 159 Å². The van der Waals surface area contributed by atoms with Gasteiger partial charge in [-0.2, -0.15) is 0 Å². The van der Waals surface area contributed by atoms with Crippen molar-refractivity contribution in [3.8, 4) is 5.75 Å². The Morgan fingerprint density at radius 2 is 1.88 bits per heavy atom. The fourth-order valence-corrected chi connectivity index (χ4v) is 3.02. The minimum Gasteiger partial charge on any atom is -0.494 e. The van der Waals surface area contributed by atoms with Crippen molar-refractivity contribution in [2.75, 3.05) is 19.0 Å². The number of halogens is 1. The summed E-state index contributed by atoms with van der Waals surface area (Å²) < 4.78 is 6.52. The zero-order valence-corrected chi connectivity index (χ0v) is 15.7. The van der Waals surface area contributed by atoms with Gasteiger partial charge in [-0.25, -0.2) is 0 Å². The van der Waals surface area contributed by atoms with Crippen LogP contribution in [0.2, 0.25) is 0 Å². The Hall–Kier alpha value is -2.67. The molecule has 1 aliphatic rings. The zero-order valence-electron chi connectivity index (χ0n) is 14.1. The average molecular weight is 417 g/mol. The molecule has 0 aliphatic carbocycles. The lowest BCUT2D eigenvalue weighted by atomic mass is 10.1. The molecule has 0 aromatic heterocycles. The minimum atomic E-state index is -0.358. The van der Waals surface area contributed by atoms with Crippen LogP contribution in [0, 0.1) is 0 Å². The molecule has 0 bridgehead atoms. The summed E-state index contributed by atoms with van der Waals surface area (Å²) in [5.41, 5.74) is 1.17. The van der Waals surface area contributed by atoms with Gasteiger partial charge in [0.25, 0.3) is 11.8 Å². The normalized spacial score (nSPS) is 12.9. The lowest BCUT2D eigenvalue weighted by molar-refractivity contribution is -0.116. The van der Waals surface area contributed by atoms with Crippen LogP contribution in [-0.4, -0.2) is 36.3 Å². The fraction of sp³-hybridized carbons (Fsp3) is 0.211. The maximum atomic E-state index is 12.1. The third-order valence-corrected chi connectivity index (χ3v) is 4.48. The lowest BCUT2D eigenvalue weighted by Gasteiger charge is -2.08. The topological polar surface area (TPSA) is 75.7 Å². The predicted molar refractivity (Wildman–Crippen MR) is 100 cm³/mol. The van der Waals surface area contributed by atoms with Gasteiger partial charge in [-0.1, -0.05) is 22.0 Å². The number of fused-ring (bicyclic) bond motifs is 1. The van der Waals surface area contributed by atoms with Crippen molar-refractivity contribution in [1.29, 1.82) is 0 Å². The summed E-state index contributed by atoms with van der Waals surface area (Å²) >= 11 is 3.37. The van der Waals surface area contributed by atoms with E-state index in [4.69, 9.17) is 4.74 Å². The number of anilines is 1. The second kappa shape index (κ2) is 7.70. The first-order valence-corrected chi connectivity index (χ1v) is 8.89. The average Bonchev–Trinajstić information content (AvgIpc) is 2.83. The van der Waals surface area contributed by atoms with Crippen LogP contribution in [0.1, 0.15) is 33.6 Å². The Morgan fingerprint density at radius 1 is 1.12 bits per heavy atom. The van der Waals surface area contributed by atoms with Gasteiger partial charge in [-0.05, 0) is 42.8 Å². The van der Waals surface area contributed by atoms with Gasteiger partial charge in [-0.3, -0.25) is 19.3 Å². The second-order valence-corrected chi connectivity index (χ2v) is 6.80. The molecular formula is C19H17BrN2O4. The molecule has 3 amide bonds. The molecule has 0 atom stereocenters. The van der Waals surface area contributed by atoms with Crippen molar-refractivity contribution >= 4 is 39.3 Å². The summed E-state index contributed by atoms with van der Waals surface area (Å²) in [6.45, 7) is 0.422. The van der Waals surface area contributed by atoms with E-state index >= 15 is 0 Å². The maximum Gasteiger partial charge on any atom is 0.261 e. The Balaban J connectivity index is 1.50. The quantitative estimate of drug-likeness (QED) is 0.577. The summed E-state index contributed by atoms with van der Waals surface area (Å²) in [6, 6.07) is 12.2. The van der Waals surface area contributed by atoms with Crippen molar-refractivity contribution in [3.05, 3.63) is 58.1 Å². The van der Waals surface area contributed by atoms with Crippen molar-refractivity contribution in [1.82, 2.24) is 4.90 Å². The number of amides is 3. The number of ether oxygens (including phenoxy) is 1. The van der Waals surface area contributed by atoms with Crippen LogP contribution in [0.3, 0.4) is 0 Å². The van der Waals surface area contributed by atoms with Gasteiger partial charge >= 0.3 is 0 Å². The number of benzene rings is 2. The molecular weight excluding hydrogens is 400 g/mol. The highest BCUT2D eigenvalue weighted by molar-refractivity contribution is 9.10. The van der Waals surface area contributed by atoms with Crippen LogP contribution in [-0.2, 0) is 4.79 Å². The number of imide groups is 1. The van der Waals surface area contributed by atoms with Crippen molar-refractivity contribution in [3.63, 3.8) is 0 Å². The van der Waals surface area contributed by atoms with Crippen LogP contribution in [0.15, 0.2) is 46.9 Å². The monoisotopic (exact) mass is 416 g/mol. The molecule has 1 heterocycles. The molecule has 3 rings (SSSR count). The molecule has 1 N–H and O–H groups in total. The third kappa shape index (κ3) is 3.94. The highest BCUT2D eigenvalue weighted by Crippen LogP contribution is 2.25. The number of rotatable bonds is 6. The maximum absolute atomic E-state index is 12.1. The molecule has 26 heavy (non-hydrogen) atoms. The molecule has 2 aromatic carbocycles. The highest BCUT2D eigenvalue weighted by Gasteiger charge is 2.32. The fourth-order valence-electron chi connectivity index (χ4n) is 2.64. The van der Waals surface area contributed by atoms with E-state index in [-0.39, 0.29) is 24.1 Å². The van der Waals surface area contributed by atoms with Gasteiger partial charge in [0, 0.05) is 23.6 Å². The summed E-state index contributed by atoms with van der Waals surface area (Å²) in [5, 5.41) is 2.75. The van der Waals surface area contributed by atoms with Crippen LogP contribution >= 0.6 is 15.9 Å². The van der Waals surface area contributed by atoms with Gasteiger partial charge in [0.15, 0.2) is 0 Å². The molecule has 6 nitrogen and oxygen atoms in total. The molecule has 134 valence electrons. The molecule has 0 spiro atoms. The number of nitrogens with one attached hydrogen (secondary N) is 1. The van der Waals surface area contributed by atoms with E-state index in [1.54, 1.807) is 12.1 Å². The number of nitrogens with zero attached hydrogens (tertiary/aromatic N) is 1. The summed E-state index contributed by atoms with van der Waals surface area (Å²) in [5.74, 6) is -0.116. The van der Waals surface area contributed by atoms with Gasteiger partial charge < -0.3 is 10.1 Å². The Morgan fingerprint density at radius 3 is 2.65 bits per heavy atom. The smallest absolute Gasteiger partial charge is 0.261 e. The van der Waals surface area contributed by atoms with Crippen LogP contribution in [0.25, 0.3) is 0 Å². The van der Waals surface area contributed by atoms with E-state index in [1.807, 2.05) is 24.3 Å². The van der Waals surface area contributed by atoms with Gasteiger partial charge in [0.1, 0.15) is 5.75 Å². The number of hydrogen-bond acceptors (Lipinski definition) is 4. The van der Waals surface area contributed by atoms with Crippen molar-refractivity contribution in [2.45, 2.75) is 12.8 Å². The molecule has 0 saturated heterocycles. The molecule has 2 aromatic rings. The van der Waals surface area contributed by atoms with Crippen LogP contribution < -0.4 is 10.1 Å². The second-order valence-electron chi connectivity index (χ2n) is 5.89. The SMILES string of the molecule is CN1C(=O)c2ccc(NC(=O)CCCOc3cccc(Br)c3)cc2C1=O. The van der Waals surface area contributed by atoms with Gasteiger partial charge in [-0.15, -0.1) is 0 Å². The predicted octanol–water partition coefficient (Wildman–Crippen LogP) is 3.47. The largest absolute Gasteiger partial charge is 0.494 e. The molecule has 0 fully saturated rings. The number of carbonyl (C=O) groups excluding carboxylic acids is 3. The standard InChI is InChI=1S/C19H17BrN2O4/c1-22-18(24)15-8-7-13(11-16(15)19(22)25)21-17(23)6-3-9-26-14-5-2-4-12(20)10-14/h2,4-5,7-8,10-11H,3,6,9H2,1H3,(H,21,23). The first-order chi connectivity index (χ1) is 12.5. The summed E-state index contributed by atoms with van der Waals surface area (Å²) in [6.07, 6.45) is 0.849. The Kier molecular flexibility index (Phi) is 5.37. The summed E-state index contributed by atoms with van der Waals surface area (Å²) in [4.78, 5) is 37.0. The molecule has 7 heteroatoms. The van der Waals surface area contributed by atoms with E-state index in [0.717, 1.165) is 15.1 Å². The first kappa shape index (κ1) is 18.1. The van der Waals surface area contributed by atoms with Crippen LogP contribution in [0.5, 0.6) is 5.75 Å². The minimum absolute atomic E-state index is 0.173. The summed E-state index contributed by atoms with van der Waals surface area (Å²) in [7, 11) is 1.44. The molecule has 0 saturated carbocycles. The van der Waals surface area contributed by atoms with Gasteiger partial charge in [0.05, 0.1) is 17.7 Å². The van der Waals surface area contributed by atoms with E-state index in [0.29, 0.717) is 29.8 Å². The molecule has 0 radical (unpaired) electrons. The third-order valence-electron chi connectivity index (χ3n) is 3.99. The first-order valence-electron chi connectivity index (χ1n) is 8.10. The van der Waals surface area contributed by atoms with E-state index < -0.39 is 0 Å². The van der Waals surface area contributed by atoms with E-state index in [2.05, 4.69) is 21.2 Å².